The van der Waals surface area contributed by atoms with Crippen LogP contribution in [0, 0.1) is 15.5 Å². The molecule has 20 heavy (non-hydrogen) atoms. The van der Waals surface area contributed by atoms with Crippen molar-refractivity contribution in [2.45, 2.75) is 13.8 Å². The van der Waals surface area contributed by atoms with Gasteiger partial charge in [-0.15, -0.1) is 0 Å². The fourth-order valence-electron chi connectivity index (χ4n) is 1.33. The third kappa shape index (κ3) is 3.67. The lowest BCUT2D eigenvalue weighted by atomic mass is 9.92. The summed E-state index contributed by atoms with van der Waals surface area (Å²) in [7, 11) is 0. The van der Waals surface area contributed by atoms with Gasteiger partial charge in [0.1, 0.15) is 5.56 Å². The van der Waals surface area contributed by atoms with Crippen LogP contribution in [0.25, 0.3) is 0 Å². The zero-order chi connectivity index (χ0) is 15.5. The molecule has 1 rings (SSSR count). The van der Waals surface area contributed by atoms with Crippen LogP contribution in [-0.4, -0.2) is 23.3 Å². The topological polar surface area (TPSA) is 115 Å². The van der Waals surface area contributed by atoms with Crippen LogP contribution in [0.2, 0.25) is 5.02 Å². The number of amides is 2. The van der Waals surface area contributed by atoms with E-state index in [9.17, 15) is 19.7 Å². The summed E-state index contributed by atoms with van der Waals surface area (Å²) in [5.41, 5.74) is 3.70. The zero-order valence-corrected chi connectivity index (χ0v) is 11.7. The highest BCUT2D eigenvalue weighted by molar-refractivity contribution is 6.31. The summed E-state index contributed by atoms with van der Waals surface area (Å²) in [6, 6.07) is 3.67. The number of nitrogens with zero attached hydrogens (tertiary/aromatic N) is 1. The van der Waals surface area contributed by atoms with Crippen LogP contribution < -0.4 is 11.1 Å². The predicted molar refractivity (Wildman–Crippen MR) is 73.4 cm³/mol. The quantitative estimate of drug-likeness (QED) is 0.633. The number of nitrogens with two attached hydrogens (primary N) is 1. The summed E-state index contributed by atoms with van der Waals surface area (Å²) in [4.78, 5) is 33.3. The molecule has 7 nitrogen and oxygen atoms in total. The summed E-state index contributed by atoms with van der Waals surface area (Å²) in [5, 5.41) is 13.5. The molecule has 0 atom stereocenters. The number of nitro groups is 1. The molecule has 0 saturated heterocycles. The van der Waals surface area contributed by atoms with Gasteiger partial charge in [-0.3, -0.25) is 19.7 Å². The van der Waals surface area contributed by atoms with E-state index in [1.807, 2.05) is 0 Å². The Balaban J connectivity index is 2.96. The largest absolute Gasteiger partial charge is 0.369 e. The number of nitrogens with one attached hydrogen (secondary N) is 1. The minimum absolute atomic E-state index is 0.0369. The molecule has 0 radical (unpaired) electrons. The van der Waals surface area contributed by atoms with Gasteiger partial charge in [-0.1, -0.05) is 11.6 Å². The van der Waals surface area contributed by atoms with E-state index in [1.54, 1.807) is 13.8 Å². The average Bonchev–Trinajstić information content (AvgIpc) is 2.35. The Morgan fingerprint density at radius 3 is 2.55 bits per heavy atom. The molecule has 0 unspecified atom stereocenters. The molecule has 0 aliphatic rings. The van der Waals surface area contributed by atoms with Crippen molar-refractivity contribution in [1.82, 2.24) is 5.32 Å². The van der Waals surface area contributed by atoms with Crippen molar-refractivity contribution in [3.63, 3.8) is 0 Å². The van der Waals surface area contributed by atoms with Crippen molar-refractivity contribution in [2.24, 2.45) is 11.1 Å². The summed E-state index contributed by atoms with van der Waals surface area (Å²) in [5.74, 6) is -1.27. The van der Waals surface area contributed by atoms with Crippen LogP contribution in [0.5, 0.6) is 0 Å². The normalized spacial score (nSPS) is 10.9. The first-order valence-corrected chi connectivity index (χ1v) is 6.05. The number of hydrogen-bond acceptors (Lipinski definition) is 4. The monoisotopic (exact) mass is 299 g/mol. The molecular formula is C12H14ClN3O4. The number of rotatable bonds is 5. The third-order valence-corrected chi connectivity index (χ3v) is 2.99. The van der Waals surface area contributed by atoms with Gasteiger partial charge in [0.25, 0.3) is 11.6 Å². The van der Waals surface area contributed by atoms with Gasteiger partial charge in [0.15, 0.2) is 0 Å². The SMILES string of the molecule is CC(C)(CNC(=O)c1cc(Cl)ccc1[N+](=O)[O-])C(N)=O. The van der Waals surface area contributed by atoms with E-state index in [0.717, 1.165) is 6.07 Å². The van der Waals surface area contributed by atoms with E-state index in [2.05, 4.69) is 5.32 Å². The number of carbonyl (C=O) groups is 2. The summed E-state index contributed by atoms with van der Waals surface area (Å²) in [6.45, 7) is 3.08. The van der Waals surface area contributed by atoms with Gasteiger partial charge in [-0.25, -0.2) is 0 Å². The van der Waals surface area contributed by atoms with Crippen molar-refractivity contribution >= 4 is 29.1 Å². The minimum Gasteiger partial charge on any atom is -0.369 e. The fraction of sp³-hybridized carbons (Fsp3) is 0.333. The second-order valence-corrected chi connectivity index (χ2v) is 5.29. The molecule has 3 N–H and O–H groups in total. The maximum Gasteiger partial charge on any atom is 0.282 e. The molecule has 0 aliphatic heterocycles. The second-order valence-electron chi connectivity index (χ2n) is 4.85. The van der Waals surface area contributed by atoms with Crippen molar-refractivity contribution in [3.05, 3.63) is 38.9 Å². The van der Waals surface area contributed by atoms with Gasteiger partial charge >= 0.3 is 0 Å². The lowest BCUT2D eigenvalue weighted by Crippen LogP contribution is -2.42. The summed E-state index contributed by atoms with van der Waals surface area (Å²) in [6.07, 6.45) is 0. The number of halogens is 1. The molecule has 0 aliphatic carbocycles. The molecule has 2 amide bonds. The molecule has 0 spiro atoms. The highest BCUT2D eigenvalue weighted by Gasteiger charge is 2.27. The van der Waals surface area contributed by atoms with E-state index in [-0.39, 0.29) is 22.8 Å². The predicted octanol–water partition coefficient (Wildman–Crippen LogP) is 1.49. The molecule has 1 aromatic carbocycles. The van der Waals surface area contributed by atoms with E-state index in [4.69, 9.17) is 17.3 Å². The van der Waals surface area contributed by atoms with E-state index < -0.39 is 22.2 Å². The molecule has 1 aromatic rings. The van der Waals surface area contributed by atoms with Crippen LogP contribution in [0.15, 0.2) is 18.2 Å². The zero-order valence-electron chi connectivity index (χ0n) is 11.0. The minimum atomic E-state index is -0.955. The van der Waals surface area contributed by atoms with Gasteiger partial charge in [-0.2, -0.15) is 0 Å². The second kappa shape index (κ2) is 5.87. The van der Waals surface area contributed by atoms with E-state index >= 15 is 0 Å². The Morgan fingerprint density at radius 1 is 1.45 bits per heavy atom. The highest BCUT2D eigenvalue weighted by Crippen LogP contribution is 2.23. The Hall–Kier alpha value is -2.15. The van der Waals surface area contributed by atoms with Crippen LogP contribution >= 0.6 is 11.6 Å². The standard InChI is InChI=1S/C12H14ClN3O4/c1-12(2,11(14)18)6-15-10(17)8-5-7(13)3-4-9(8)16(19)20/h3-5H,6H2,1-2H3,(H2,14,18)(H,15,17). The van der Waals surface area contributed by atoms with Gasteiger partial charge in [0.05, 0.1) is 10.3 Å². The van der Waals surface area contributed by atoms with E-state index in [1.165, 1.54) is 12.1 Å². The Morgan fingerprint density at radius 2 is 2.05 bits per heavy atom. The van der Waals surface area contributed by atoms with Crippen molar-refractivity contribution in [1.29, 1.82) is 0 Å². The number of primary amides is 1. The Bertz CT molecular complexity index is 572. The molecular weight excluding hydrogens is 286 g/mol. The van der Waals surface area contributed by atoms with Crippen LogP contribution in [0.3, 0.4) is 0 Å². The Labute approximate surface area is 120 Å². The van der Waals surface area contributed by atoms with Crippen molar-refractivity contribution in [3.8, 4) is 0 Å². The summed E-state index contributed by atoms with van der Waals surface area (Å²) >= 11 is 5.73. The lowest BCUT2D eigenvalue weighted by Gasteiger charge is -2.20. The van der Waals surface area contributed by atoms with Gasteiger partial charge < -0.3 is 11.1 Å². The van der Waals surface area contributed by atoms with Crippen molar-refractivity contribution < 1.29 is 14.5 Å². The molecule has 0 heterocycles. The number of carbonyl (C=O) groups excluding carboxylic acids is 2. The number of benzene rings is 1. The molecule has 0 fully saturated rings. The summed E-state index contributed by atoms with van der Waals surface area (Å²) < 4.78 is 0. The average molecular weight is 300 g/mol. The molecule has 0 saturated carbocycles. The molecule has 0 aromatic heterocycles. The van der Waals surface area contributed by atoms with E-state index in [0.29, 0.717) is 0 Å². The van der Waals surface area contributed by atoms with Gasteiger partial charge in [0.2, 0.25) is 5.91 Å². The first-order valence-electron chi connectivity index (χ1n) is 5.67. The highest BCUT2D eigenvalue weighted by atomic mass is 35.5. The molecule has 8 heteroatoms. The molecule has 0 bridgehead atoms. The first-order chi connectivity index (χ1) is 9.15. The van der Waals surface area contributed by atoms with Crippen molar-refractivity contribution in [2.75, 3.05) is 6.54 Å². The number of nitro benzene ring substituents is 1. The van der Waals surface area contributed by atoms with Gasteiger partial charge in [-0.05, 0) is 26.0 Å². The van der Waals surface area contributed by atoms with Crippen LogP contribution in [0.4, 0.5) is 5.69 Å². The maximum atomic E-state index is 12.0. The smallest absolute Gasteiger partial charge is 0.282 e. The van der Waals surface area contributed by atoms with Crippen LogP contribution in [-0.2, 0) is 4.79 Å². The third-order valence-electron chi connectivity index (χ3n) is 2.76. The Kier molecular flexibility index (Phi) is 4.67. The first kappa shape index (κ1) is 15.9. The lowest BCUT2D eigenvalue weighted by molar-refractivity contribution is -0.385. The maximum absolute atomic E-state index is 12.0. The molecule has 108 valence electrons. The number of hydrogen-bond donors (Lipinski definition) is 2. The van der Waals surface area contributed by atoms with Crippen LogP contribution in [0.1, 0.15) is 24.2 Å². The fourth-order valence-corrected chi connectivity index (χ4v) is 1.51. The van der Waals surface area contributed by atoms with Gasteiger partial charge in [0, 0.05) is 17.6 Å².